The normalized spacial score (nSPS) is 18.5. The molecule has 1 heterocycles. The summed E-state index contributed by atoms with van der Waals surface area (Å²) >= 11 is 4.70. The van der Waals surface area contributed by atoms with Gasteiger partial charge in [0.05, 0.1) is 11.4 Å². The van der Waals surface area contributed by atoms with E-state index in [-0.39, 0.29) is 0 Å². The van der Waals surface area contributed by atoms with Crippen LogP contribution in [0.4, 0.5) is 0 Å². The minimum absolute atomic E-state index is 0.458. The zero-order chi connectivity index (χ0) is 6.15. The van der Waals surface area contributed by atoms with Crippen molar-refractivity contribution in [2.75, 3.05) is 0 Å². The van der Waals surface area contributed by atoms with Crippen LogP contribution in [0.15, 0.2) is 9.98 Å². The van der Waals surface area contributed by atoms with E-state index < -0.39 is 0 Å². The van der Waals surface area contributed by atoms with Gasteiger partial charge in [-0.2, -0.15) is 0 Å². The van der Waals surface area contributed by atoms with Gasteiger partial charge in [-0.25, -0.2) is 9.98 Å². The van der Waals surface area contributed by atoms with Crippen molar-refractivity contribution in [1.29, 1.82) is 0 Å². The summed E-state index contributed by atoms with van der Waals surface area (Å²) in [5, 5.41) is 0.458. The molecule has 1 rings (SSSR count). The largest absolute Gasteiger partial charge is 0.222 e. The summed E-state index contributed by atoms with van der Waals surface area (Å²) in [4.78, 5) is 7.83. The van der Waals surface area contributed by atoms with E-state index in [1.807, 2.05) is 13.8 Å². The van der Waals surface area contributed by atoms with Crippen LogP contribution in [0.5, 0.6) is 0 Å². The van der Waals surface area contributed by atoms with Gasteiger partial charge in [0.1, 0.15) is 0 Å². The van der Waals surface area contributed by atoms with Crippen LogP contribution in [-0.2, 0) is 0 Å². The van der Waals surface area contributed by atoms with E-state index >= 15 is 0 Å². The van der Waals surface area contributed by atoms with Gasteiger partial charge < -0.3 is 0 Å². The molecule has 1 aliphatic rings. The van der Waals surface area contributed by atoms with Gasteiger partial charge in [-0.15, -0.1) is 0 Å². The Morgan fingerprint density at radius 2 is 1.50 bits per heavy atom. The Morgan fingerprint density at radius 1 is 1.12 bits per heavy atom. The highest BCUT2D eigenvalue weighted by atomic mass is 32.1. The molecule has 0 saturated carbocycles. The molecule has 0 aliphatic carbocycles. The smallest absolute Gasteiger partial charge is 0.219 e. The molecule has 0 atom stereocenters. The molecule has 8 heavy (non-hydrogen) atoms. The fourth-order valence-electron chi connectivity index (χ4n) is 0.474. The van der Waals surface area contributed by atoms with Gasteiger partial charge in [-0.05, 0) is 26.1 Å². The highest BCUT2D eigenvalue weighted by molar-refractivity contribution is 7.80. The lowest BCUT2D eigenvalue weighted by Gasteiger charge is -1.81. The molecule has 0 fully saturated rings. The Labute approximate surface area is 53.3 Å². The first-order valence-corrected chi connectivity index (χ1v) is 2.76. The Kier molecular flexibility index (Phi) is 1.21. The van der Waals surface area contributed by atoms with Crippen LogP contribution >= 0.6 is 12.2 Å². The molecular weight excluding hydrogens is 120 g/mol. The summed E-state index contributed by atoms with van der Waals surface area (Å²) in [6, 6.07) is 0. The zero-order valence-corrected chi connectivity index (χ0v) is 5.62. The second-order valence-electron chi connectivity index (χ2n) is 1.68. The van der Waals surface area contributed by atoms with Gasteiger partial charge in [-0.3, -0.25) is 0 Å². The Morgan fingerprint density at radius 3 is 1.62 bits per heavy atom. The SMILES string of the molecule is CC1=NC(=S)N=C1C. The molecule has 3 heteroatoms. The molecule has 1 aliphatic heterocycles. The van der Waals surface area contributed by atoms with Crippen molar-refractivity contribution in [3.05, 3.63) is 0 Å². The Balaban J connectivity index is 2.98. The van der Waals surface area contributed by atoms with E-state index in [1.54, 1.807) is 0 Å². The number of aliphatic imine (C=N–C) groups is 2. The maximum absolute atomic E-state index is 4.70. The summed E-state index contributed by atoms with van der Waals surface area (Å²) in [5.74, 6) is 0. The standard InChI is InChI=1S/C5H6N2S/c1-3-4(2)7-5(8)6-3/h1-2H3. The lowest BCUT2D eigenvalue weighted by atomic mass is 10.3. The monoisotopic (exact) mass is 126 g/mol. The third kappa shape index (κ3) is 0.816. The average molecular weight is 126 g/mol. The van der Waals surface area contributed by atoms with E-state index in [0.717, 1.165) is 11.4 Å². The van der Waals surface area contributed by atoms with Crippen LogP contribution < -0.4 is 0 Å². The summed E-state index contributed by atoms with van der Waals surface area (Å²) in [6.07, 6.45) is 0. The first-order chi connectivity index (χ1) is 3.70. The number of hydrogen-bond acceptors (Lipinski definition) is 1. The van der Waals surface area contributed by atoms with Crippen molar-refractivity contribution in [2.45, 2.75) is 13.8 Å². The van der Waals surface area contributed by atoms with Gasteiger partial charge in [0, 0.05) is 0 Å². The lowest BCUT2D eigenvalue weighted by Crippen LogP contribution is -1.98. The predicted molar refractivity (Wildman–Crippen MR) is 38.8 cm³/mol. The topological polar surface area (TPSA) is 24.7 Å². The fourth-order valence-corrected chi connectivity index (χ4v) is 0.748. The average Bonchev–Trinajstić information content (AvgIpc) is 1.85. The van der Waals surface area contributed by atoms with Crippen molar-refractivity contribution in [3.63, 3.8) is 0 Å². The van der Waals surface area contributed by atoms with Crippen molar-refractivity contribution in [3.8, 4) is 0 Å². The summed E-state index contributed by atoms with van der Waals surface area (Å²) in [6.45, 7) is 3.80. The van der Waals surface area contributed by atoms with Crippen LogP contribution in [0.2, 0.25) is 0 Å². The summed E-state index contributed by atoms with van der Waals surface area (Å²) in [5.41, 5.74) is 1.88. The third-order valence-electron chi connectivity index (χ3n) is 1.05. The molecular formula is C5H6N2S. The molecule has 2 nitrogen and oxygen atoms in total. The molecule has 0 radical (unpaired) electrons. The maximum atomic E-state index is 4.70. The van der Waals surface area contributed by atoms with Crippen molar-refractivity contribution in [1.82, 2.24) is 0 Å². The number of thiocarbonyl (C=S) groups is 1. The van der Waals surface area contributed by atoms with Gasteiger partial charge in [0.25, 0.3) is 0 Å². The molecule has 0 spiro atoms. The second-order valence-corrected chi connectivity index (χ2v) is 2.04. The molecule has 42 valence electrons. The summed E-state index contributed by atoms with van der Waals surface area (Å²) < 4.78 is 0. The van der Waals surface area contributed by atoms with Crippen LogP contribution in [-0.4, -0.2) is 16.5 Å². The third-order valence-corrected chi connectivity index (χ3v) is 1.23. The van der Waals surface area contributed by atoms with Gasteiger partial charge in [0.15, 0.2) is 0 Å². The minimum Gasteiger partial charge on any atom is -0.222 e. The summed E-state index contributed by atoms with van der Waals surface area (Å²) in [7, 11) is 0. The zero-order valence-electron chi connectivity index (χ0n) is 4.80. The Hall–Kier alpha value is -0.570. The van der Waals surface area contributed by atoms with Crippen molar-refractivity contribution >= 4 is 28.8 Å². The first-order valence-electron chi connectivity index (χ1n) is 2.35. The van der Waals surface area contributed by atoms with E-state index in [2.05, 4.69) is 9.98 Å². The van der Waals surface area contributed by atoms with E-state index in [1.165, 1.54) is 0 Å². The molecule has 0 aromatic heterocycles. The molecule has 0 amide bonds. The van der Waals surface area contributed by atoms with E-state index in [0.29, 0.717) is 5.11 Å². The minimum atomic E-state index is 0.458. The number of nitrogens with zero attached hydrogens (tertiary/aromatic N) is 2. The fraction of sp³-hybridized carbons (Fsp3) is 0.400. The predicted octanol–water partition coefficient (Wildman–Crippen LogP) is 1.21. The lowest BCUT2D eigenvalue weighted by molar-refractivity contribution is 1.66. The first kappa shape index (κ1) is 5.56. The van der Waals surface area contributed by atoms with Crippen molar-refractivity contribution in [2.24, 2.45) is 9.98 Å². The molecule has 0 aromatic carbocycles. The maximum Gasteiger partial charge on any atom is 0.219 e. The van der Waals surface area contributed by atoms with Crippen molar-refractivity contribution < 1.29 is 0 Å². The van der Waals surface area contributed by atoms with E-state index in [9.17, 15) is 0 Å². The quantitative estimate of drug-likeness (QED) is 0.448. The van der Waals surface area contributed by atoms with Crippen LogP contribution in [0.3, 0.4) is 0 Å². The highest BCUT2D eigenvalue weighted by Gasteiger charge is 2.05. The molecule has 0 saturated heterocycles. The van der Waals surface area contributed by atoms with Crippen LogP contribution in [0, 0.1) is 0 Å². The van der Waals surface area contributed by atoms with E-state index in [4.69, 9.17) is 12.2 Å². The van der Waals surface area contributed by atoms with Crippen LogP contribution in [0.1, 0.15) is 13.8 Å². The van der Waals surface area contributed by atoms with Crippen LogP contribution in [0.25, 0.3) is 0 Å². The van der Waals surface area contributed by atoms with Gasteiger partial charge in [0.2, 0.25) is 5.11 Å². The second kappa shape index (κ2) is 1.74. The molecule has 0 N–H and O–H groups in total. The number of rotatable bonds is 0. The molecule has 0 unspecified atom stereocenters. The molecule has 0 aromatic rings. The van der Waals surface area contributed by atoms with Gasteiger partial charge in [-0.1, -0.05) is 0 Å². The molecule has 0 bridgehead atoms. The number of hydrogen-bond donors (Lipinski definition) is 0. The highest BCUT2D eigenvalue weighted by Crippen LogP contribution is 1.97. The Bertz CT molecular complexity index is 171. The van der Waals surface area contributed by atoms with Gasteiger partial charge >= 0.3 is 0 Å².